The van der Waals surface area contributed by atoms with Crippen LogP contribution in [-0.4, -0.2) is 25.2 Å². The van der Waals surface area contributed by atoms with E-state index in [4.69, 9.17) is 4.74 Å². The molecule has 1 N–H and O–H groups in total. The van der Waals surface area contributed by atoms with E-state index in [1.807, 2.05) is 0 Å². The second-order valence-corrected chi connectivity index (χ2v) is 4.66. The number of rotatable bonds is 4. The van der Waals surface area contributed by atoms with Crippen LogP contribution in [0.15, 0.2) is 18.2 Å². The molecule has 1 saturated heterocycles. The molecule has 104 valence electrons. The molecule has 3 nitrogen and oxygen atoms in total. The summed E-state index contributed by atoms with van der Waals surface area (Å²) in [6.45, 7) is 1.20. The minimum absolute atomic E-state index is 0.133. The monoisotopic (exact) mass is 269 g/mol. The van der Waals surface area contributed by atoms with Gasteiger partial charge in [-0.1, -0.05) is 0 Å². The average Bonchev–Trinajstić information content (AvgIpc) is 2.39. The maximum absolute atomic E-state index is 13.4. The normalized spacial score (nSPS) is 19.2. The van der Waals surface area contributed by atoms with Crippen LogP contribution in [0.5, 0.6) is 0 Å². The van der Waals surface area contributed by atoms with Crippen LogP contribution in [0.1, 0.15) is 36.0 Å². The van der Waals surface area contributed by atoms with Crippen molar-refractivity contribution in [1.82, 2.24) is 5.32 Å². The highest BCUT2D eigenvalue weighted by molar-refractivity contribution is 5.94. The highest BCUT2D eigenvalue weighted by atomic mass is 19.1. The van der Waals surface area contributed by atoms with Gasteiger partial charge in [0.25, 0.3) is 5.91 Å². The van der Waals surface area contributed by atoms with Crippen LogP contribution >= 0.6 is 0 Å². The van der Waals surface area contributed by atoms with Crippen LogP contribution in [0.2, 0.25) is 0 Å². The molecule has 1 atom stereocenters. The van der Waals surface area contributed by atoms with Crippen molar-refractivity contribution in [3.8, 4) is 0 Å². The predicted octanol–water partition coefficient (Wildman–Crippen LogP) is 2.65. The molecule has 1 aromatic carbocycles. The van der Waals surface area contributed by atoms with Gasteiger partial charge in [0.2, 0.25) is 0 Å². The molecule has 1 fully saturated rings. The molecule has 2 rings (SSSR count). The van der Waals surface area contributed by atoms with E-state index in [0.717, 1.165) is 38.0 Å². The first kappa shape index (κ1) is 13.9. The van der Waals surface area contributed by atoms with Crippen LogP contribution in [-0.2, 0) is 4.74 Å². The lowest BCUT2D eigenvalue weighted by molar-refractivity contribution is 0.0117. The fourth-order valence-electron chi connectivity index (χ4n) is 2.15. The number of halogens is 2. The molecule has 0 spiro atoms. The zero-order chi connectivity index (χ0) is 13.7. The summed E-state index contributed by atoms with van der Waals surface area (Å²) in [6.07, 6.45) is 4.12. The number of carbonyl (C=O) groups is 1. The smallest absolute Gasteiger partial charge is 0.254 e. The molecule has 1 aliphatic heterocycles. The Hall–Kier alpha value is -1.49. The minimum atomic E-state index is -0.841. The summed E-state index contributed by atoms with van der Waals surface area (Å²) in [5.41, 5.74) is -0.133. The summed E-state index contributed by atoms with van der Waals surface area (Å²) in [4.78, 5) is 11.7. The number of benzene rings is 1. The van der Waals surface area contributed by atoms with Crippen LogP contribution < -0.4 is 5.32 Å². The van der Waals surface area contributed by atoms with E-state index in [1.54, 1.807) is 0 Å². The van der Waals surface area contributed by atoms with Crippen molar-refractivity contribution in [3.63, 3.8) is 0 Å². The Morgan fingerprint density at radius 2 is 2.21 bits per heavy atom. The molecule has 1 amide bonds. The molecule has 1 aliphatic rings. The maximum Gasteiger partial charge on any atom is 0.254 e. The van der Waals surface area contributed by atoms with Gasteiger partial charge in [-0.05, 0) is 37.8 Å². The fourth-order valence-corrected chi connectivity index (χ4v) is 2.15. The molecule has 5 heteroatoms. The average molecular weight is 269 g/mol. The van der Waals surface area contributed by atoms with E-state index in [9.17, 15) is 13.6 Å². The van der Waals surface area contributed by atoms with E-state index in [-0.39, 0.29) is 11.7 Å². The third kappa shape index (κ3) is 3.99. The fraction of sp³-hybridized carbons (Fsp3) is 0.500. The quantitative estimate of drug-likeness (QED) is 0.912. The van der Waals surface area contributed by atoms with Gasteiger partial charge in [-0.25, -0.2) is 8.78 Å². The minimum Gasteiger partial charge on any atom is -0.378 e. The molecule has 1 heterocycles. The van der Waals surface area contributed by atoms with Crippen molar-refractivity contribution in [2.75, 3.05) is 13.2 Å². The molecule has 1 aromatic rings. The highest BCUT2D eigenvalue weighted by Crippen LogP contribution is 2.15. The first-order valence-corrected chi connectivity index (χ1v) is 6.51. The van der Waals surface area contributed by atoms with E-state index in [2.05, 4.69) is 5.32 Å². The first-order valence-electron chi connectivity index (χ1n) is 6.51. The lowest BCUT2D eigenvalue weighted by atomic mass is 10.1. The van der Waals surface area contributed by atoms with Crippen LogP contribution in [0.3, 0.4) is 0 Å². The Bertz CT molecular complexity index is 445. The molecule has 0 aliphatic carbocycles. The topological polar surface area (TPSA) is 38.3 Å². The summed E-state index contributed by atoms with van der Waals surface area (Å²) in [5.74, 6) is -2.05. The Kier molecular flexibility index (Phi) is 4.85. The zero-order valence-electron chi connectivity index (χ0n) is 10.6. The van der Waals surface area contributed by atoms with Crippen LogP contribution in [0.4, 0.5) is 8.78 Å². The summed E-state index contributed by atoms with van der Waals surface area (Å²) in [5, 5.41) is 2.63. The summed E-state index contributed by atoms with van der Waals surface area (Å²) < 4.78 is 31.6. The molecular weight excluding hydrogens is 252 g/mol. The highest BCUT2D eigenvalue weighted by Gasteiger charge is 2.15. The number of amides is 1. The molecule has 1 unspecified atom stereocenters. The van der Waals surface area contributed by atoms with Gasteiger partial charge in [-0.3, -0.25) is 4.79 Å². The lowest BCUT2D eigenvalue weighted by Crippen LogP contribution is -2.30. The third-order valence-electron chi connectivity index (χ3n) is 3.20. The van der Waals surface area contributed by atoms with Gasteiger partial charge in [0, 0.05) is 19.2 Å². The van der Waals surface area contributed by atoms with E-state index < -0.39 is 17.5 Å². The molecule has 0 bridgehead atoms. The van der Waals surface area contributed by atoms with Gasteiger partial charge in [-0.2, -0.15) is 0 Å². The first-order chi connectivity index (χ1) is 9.16. The number of ether oxygens (including phenoxy) is 1. The van der Waals surface area contributed by atoms with Gasteiger partial charge >= 0.3 is 0 Å². The number of carbonyl (C=O) groups excluding carboxylic acids is 1. The van der Waals surface area contributed by atoms with Gasteiger partial charge in [-0.15, -0.1) is 0 Å². The summed E-state index contributed by atoms with van der Waals surface area (Å²) >= 11 is 0. The summed E-state index contributed by atoms with van der Waals surface area (Å²) in [7, 11) is 0. The van der Waals surface area contributed by atoms with Crippen molar-refractivity contribution in [2.45, 2.75) is 31.8 Å². The second kappa shape index (κ2) is 6.61. The van der Waals surface area contributed by atoms with Crippen molar-refractivity contribution >= 4 is 5.91 Å². The number of nitrogens with one attached hydrogen (secondary N) is 1. The molecule has 0 saturated carbocycles. The Balaban J connectivity index is 1.80. The van der Waals surface area contributed by atoms with E-state index in [0.29, 0.717) is 19.0 Å². The van der Waals surface area contributed by atoms with Gasteiger partial charge in [0.1, 0.15) is 11.6 Å². The Labute approximate surface area is 111 Å². The summed E-state index contributed by atoms with van der Waals surface area (Å²) in [6, 6.07) is 2.93. The molecule has 0 aromatic heterocycles. The van der Waals surface area contributed by atoms with Crippen molar-refractivity contribution in [3.05, 3.63) is 35.4 Å². The molecule has 19 heavy (non-hydrogen) atoms. The van der Waals surface area contributed by atoms with Crippen molar-refractivity contribution in [2.24, 2.45) is 0 Å². The SMILES string of the molecule is O=C(NCCC1CCCCO1)c1ccc(F)cc1F. The maximum atomic E-state index is 13.4. The second-order valence-electron chi connectivity index (χ2n) is 4.66. The molecular formula is C14H17F2NO2. The zero-order valence-corrected chi connectivity index (χ0v) is 10.6. The molecule has 0 radical (unpaired) electrons. The Morgan fingerprint density at radius 1 is 1.37 bits per heavy atom. The predicted molar refractivity (Wildman–Crippen MR) is 66.9 cm³/mol. The van der Waals surface area contributed by atoms with Crippen molar-refractivity contribution in [1.29, 1.82) is 0 Å². The Morgan fingerprint density at radius 3 is 2.89 bits per heavy atom. The largest absolute Gasteiger partial charge is 0.378 e. The standard InChI is InChI=1S/C14H17F2NO2/c15-10-4-5-12(13(16)9-10)14(18)17-7-6-11-3-1-2-8-19-11/h4-5,9,11H,1-3,6-8H2,(H,17,18). The van der Waals surface area contributed by atoms with Gasteiger partial charge < -0.3 is 10.1 Å². The number of hydrogen-bond donors (Lipinski definition) is 1. The van der Waals surface area contributed by atoms with Crippen molar-refractivity contribution < 1.29 is 18.3 Å². The number of hydrogen-bond acceptors (Lipinski definition) is 2. The van der Waals surface area contributed by atoms with E-state index >= 15 is 0 Å². The van der Waals surface area contributed by atoms with E-state index in [1.165, 1.54) is 0 Å². The lowest BCUT2D eigenvalue weighted by Gasteiger charge is -2.22. The van der Waals surface area contributed by atoms with Crippen LogP contribution in [0.25, 0.3) is 0 Å². The van der Waals surface area contributed by atoms with Gasteiger partial charge in [0.15, 0.2) is 0 Å². The van der Waals surface area contributed by atoms with Gasteiger partial charge in [0.05, 0.1) is 11.7 Å². The van der Waals surface area contributed by atoms with Crippen LogP contribution in [0, 0.1) is 11.6 Å². The third-order valence-corrected chi connectivity index (χ3v) is 3.20.